The molecule has 0 saturated heterocycles. The molecule has 0 bridgehead atoms. The van der Waals surface area contributed by atoms with Crippen LogP contribution in [0, 0.1) is 11.6 Å². The molecule has 2 nitrogen and oxygen atoms in total. The fourth-order valence-corrected chi connectivity index (χ4v) is 2.78. The van der Waals surface area contributed by atoms with Crippen LogP contribution in [-0.4, -0.2) is 7.05 Å². The number of thiophene rings is 1. The molecule has 0 aliphatic rings. The summed E-state index contributed by atoms with van der Waals surface area (Å²) >= 11 is 7.25. The zero-order chi connectivity index (χ0) is 13.3. The average molecular weight is 289 g/mol. The van der Waals surface area contributed by atoms with E-state index in [9.17, 15) is 8.78 Å². The van der Waals surface area contributed by atoms with E-state index in [1.165, 1.54) is 17.4 Å². The first kappa shape index (κ1) is 13.1. The predicted octanol–water partition coefficient (Wildman–Crippen LogP) is 3.90. The molecule has 0 unspecified atom stereocenters. The Morgan fingerprint density at radius 1 is 1.33 bits per heavy atom. The van der Waals surface area contributed by atoms with Gasteiger partial charge in [-0.1, -0.05) is 11.6 Å². The zero-order valence-electron chi connectivity index (χ0n) is 9.58. The third kappa shape index (κ3) is 2.73. The maximum atomic E-state index is 13.3. The van der Waals surface area contributed by atoms with Gasteiger partial charge in [-0.2, -0.15) is 0 Å². The Balaban J connectivity index is 2.26. The molecule has 1 aromatic carbocycles. The average Bonchev–Trinajstić information content (AvgIpc) is 2.69. The Labute approximate surface area is 113 Å². The second-order valence-corrected chi connectivity index (χ2v) is 5.68. The van der Waals surface area contributed by atoms with Crippen LogP contribution in [0.5, 0.6) is 0 Å². The van der Waals surface area contributed by atoms with Crippen molar-refractivity contribution in [2.75, 3.05) is 17.7 Å². The molecule has 0 spiro atoms. The van der Waals surface area contributed by atoms with Gasteiger partial charge in [0.15, 0.2) is 5.82 Å². The number of nitrogens with zero attached hydrogens (tertiary/aromatic N) is 1. The molecule has 0 aliphatic carbocycles. The monoisotopic (exact) mass is 288 g/mol. The van der Waals surface area contributed by atoms with Crippen LogP contribution in [0.3, 0.4) is 0 Å². The maximum Gasteiger partial charge on any atom is 0.151 e. The van der Waals surface area contributed by atoms with Gasteiger partial charge in [0.1, 0.15) is 5.82 Å². The number of anilines is 2. The normalized spacial score (nSPS) is 10.7. The van der Waals surface area contributed by atoms with E-state index >= 15 is 0 Å². The Morgan fingerprint density at radius 2 is 2.06 bits per heavy atom. The van der Waals surface area contributed by atoms with Crippen molar-refractivity contribution in [2.24, 2.45) is 0 Å². The Hall–Kier alpha value is -1.33. The van der Waals surface area contributed by atoms with E-state index in [1.807, 2.05) is 6.07 Å². The topological polar surface area (TPSA) is 29.3 Å². The Kier molecular flexibility index (Phi) is 3.73. The fraction of sp³-hybridized carbons (Fsp3) is 0.167. The predicted molar refractivity (Wildman–Crippen MR) is 72.2 cm³/mol. The Morgan fingerprint density at radius 3 is 2.67 bits per heavy atom. The molecule has 2 N–H and O–H groups in total. The minimum atomic E-state index is -0.749. The number of hydrogen-bond acceptors (Lipinski definition) is 3. The van der Waals surface area contributed by atoms with E-state index in [4.69, 9.17) is 17.3 Å². The highest BCUT2D eigenvalue weighted by atomic mass is 35.5. The summed E-state index contributed by atoms with van der Waals surface area (Å²) in [6.07, 6.45) is 0. The lowest BCUT2D eigenvalue weighted by Crippen LogP contribution is -2.18. The lowest BCUT2D eigenvalue weighted by molar-refractivity contribution is 0.585. The summed E-state index contributed by atoms with van der Waals surface area (Å²) in [5.41, 5.74) is 5.88. The quantitative estimate of drug-likeness (QED) is 0.868. The number of nitrogen functional groups attached to an aromatic ring is 1. The summed E-state index contributed by atoms with van der Waals surface area (Å²) < 4.78 is 27.2. The van der Waals surface area contributed by atoms with E-state index in [2.05, 4.69) is 0 Å². The highest BCUT2D eigenvalue weighted by molar-refractivity contribution is 7.16. The molecule has 2 rings (SSSR count). The largest absolute Gasteiger partial charge is 0.395 e. The molecule has 18 heavy (non-hydrogen) atoms. The van der Waals surface area contributed by atoms with Crippen LogP contribution in [0.4, 0.5) is 20.2 Å². The highest BCUT2D eigenvalue weighted by Crippen LogP contribution is 2.29. The van der Waals surface area contributed by atoms with Crippen molar-refractivity contribution in [3.8, 4) is 0 Å². The lowest BCUT2D eigenvalue weighted by atomic mass is 10.2. The van der Waals surface area contributed by atoms with Crippen molar-refractivity contribution in [3.05, 3.63) is 45.1 Å². The van der Waals surface area contributed by atoms with Gasteiger partial charge in [0.2, 0.25) is 0 Å². The molecule has 0 radical (unpaired) electrons. The third-order valence-corrected chi connectivity index (χ3v) is 3.72. The van der Waals surface area contributed by atoms with Crippen molar-refractivity contribution >= 4 is 34.3 Å². The zero-order valence-corrected chi connectivity index (χ0v) is 11.2. The van der Waals surface area contributed by atoms with Crippen LogP contribution in [0.2, 0.25) is 4.34 Å². The number of rotatable bonds is 3. The van der Waals surface area contributed by atoms with Gasteiger partial charge in [-0.05, 0) is 18.2 Å². The second kappa shape index (κ2) is 5.12. The van der Waals surface area contributed by atoms with E-state index in [0.717, 1.165) is 10.9 Å². The molecule has 0 atom stereocenters. The minimum Gasteiger partial charge on any atom is -0.395 e. The van der Waals surface area contributed by atoms with Crippen LogP contribution < -0.4 is 10.6 Å². The molecular weight excluding hydrogens is 278 g/mol. The summed E-state index contributed by atoms with van der Waals surface area (Å²) in [6, 6.07) is 5.64. The summed E-state index contributed by atoms with van der Waals surface area (Å²) in [5, 5.41) is 0. The van der Waals surface area contributed by atoms with Gasteiger partial charge in [0.25, 0.3) is 0 Å². The first-order valence-corrected chi connectivity index (χ1v) is 6.36. The third-order valence-electron chi connectivity index (χ3n) is 2.51. The molecule has 0 amide bonds. The maximum absolute atomic E-state index is 13.3. The van der Waals surface area contributed by atoms with Gasteiger partial charge in [-0.15, -0.1) is 11.3 Å². The first-order chi connectivity index (χ1) is 8.47. The van der Waals surface area contributed by atoms with Gasteiger partial charge in [0.05, 0.1) is 22.3 Å². The minimum absolute atomic E-state index is 0.0541. The molecular formula is C12H11ClF2N2S. The van der Waals surface area contributed by atoms with Gasteiger partial charge in [0, 0.05) is 18.0 Å². The van der Waals surface area contributed by atoms with E-state index < -0.39 is 11.6 Å². The van der Waals surface area contributed by atoms with Crippen LogP contribution in [0.15, 0.2) is 24.3 Å². The van der Waals surface area contributed by atoms with Crippen LogP contribution in [0.1, 0.15) is 4.88 Å². The second-order valence-electron chi connectivity index (χ2n) is 3.88. The fourth-order valence-electron chi connectivity index (χ4n) is 1.64. The molecule has 2 aromatic rings. The van der Waals surface area contributed by atoms with E-state index in [0.29, 0.717) is 16.6 Å². The summed E-state index contributed by atoms with van der Waals surface area (Å²) in [7, 11) is 1.72. The number of nitrogens with two attached hydrogens (primary N) is 1. The van der Waals surface area contributed by atoms with Gasteiger partial charge in [-0.25, -0.2) is 8.78 Å². The highest BCUT2D eigenvalue weighted by Gasteiger charge is 2.13. The summed E-state index contributed by atoms with van der Waals surface area (Å²) in [6.45, 7) is 0.491. The lowest BCUT2D eigenvalue weighted by Gasteiger charge is -2.20. The molecule has 96 valence electrons. The molecule has 1 heterocycles. The van der Waals surface area contributed by atoms with E-state index in [1.54, 1.807) is 18.0 Å². The SMILES string of the molecule is CN(Cc1ccc(Cl)s1)c1cc(F)cc(F)c1N. The molecule has 0 aliphatic heterocycles. The number of halogens is 3. The molecule has 6 heteroatoms. The van der Waals surface area contributed by atoms with Gasteiger partial charge in [-0.3, -0.25) is 0 Å². The Bertz CT molecular complexity index is 571. The van der Waals surface area contributed by atoms with Gasteiger partial charge >= 0.3 is 0 Å². The van der Waals surface area contributed by atoms with Crippen LogP contribution >= 0.6 is 22.9 Å². The van der Waals surface area contributed by atoms with Crippen molar-refractivity contribution < 1.29 is 8.78 Å². The smallest absolute Gasteiger partial charge is 0.151 e. The first-order valence-electron chi connectivity index (χ1n) is 5.17. The summed E-state index contributed by atoms with van der Waals surface area (Å²) in [4.78, 5) is 2.68. The molecule has 0 fully saturated rings. The van der Waals surface area contributed by atoms with Crippen LogP contribution in [-0.2, 0) is 6.54 Å². The summed E-state index contributed by atoms with van der Waals surface area (Å²) in [5.74, 6) is -1.39. The standard InChI is InChI=1S/C12H11ClF2N2S/c1-17(6-8-2-3-11(13)18-8)10-5-7(14)4-9(15)12(10)16/h2-5H,6,16H2,1H3. The van der Waals surface area contributed by atoms with Crippen molar-refractivity contribution in [2.45, 2.75) is 6.54 Å². The number of hydrogen-bond donors (Lipinski definition) is 1. The van der Waals surface area contributed by atoms with Crippen molar-refractivity contribution in [1.29, 1.82) is 0 Å². The van der Waals surface area contributed by atoms with Crippen molar-refractivity contribution in [3.63, 3.8) is 0 Å². The van der Waals surface area contributed by atoms with E-state index in [-0.39, 0.29) is 5.69 Å². The molecule has 1 aromatic heterocycles. The van der Waals surface area contributed by atoms with Crippen LogP contribution in [0.25, 0.3) is 0 Å². The molecule has 0 saturated carbocycles. The van der Waals surface area contributed by atoms with Crippen molar-refractivity contribution in [1.82, 2.24) is 0 Å². The van der Waals surface area contributed by atoms with Gasteiger partial charge < -0.3 is 10.6 Å². The number of benzene rings is 1.